The summed E-state index contributed by atoms with van der Waals surface area (Å²) >= 11 is 1.51. The van der Waals surface area contributed by atoms with Gasteiger partial charge in [-0.2, -0.15) is 0 Å². The Morgan fingerprint density at radius 2 is 1.96 bits per heavy atom. The van der Waals surface area contributed by atoms with Gasteiger partial charge in [0.15, 0.2) is 0 Å². The monoisotopic (exact) mass is 355 g/mol. The zero-order chi connectivity index (χ0) is 16.9. The van der Waals surface area contributed by atoms with Gasteiger partial charge in [-0.3, -0.25) is 5.10 Å². The first kappa shape index (κ1) is 16.3. The van der Waals surface area contributed by atoms with E-state index < -0.39 is 0 Å². The molecule has 0 spiro atoms. The van der Waals surface area contributed by atoms with Crippen molar-refractivity contribution in [3.05, 3.63) is 42.0 Å². The van der Waals surface area contributed by atoms with Crippen LogP contribution in [0.2, 0.25) is 0 Å². The highest BCUT2D eigenvalue weighted by Crippen LogP contribution is 2.28. The molecule has 0 unspecified atom stereocenters. The van der Waals surface area contributed by atoms with Gasteiger partial charge in [-0.05, 0) is 24.5 Å². The fourth-order valence-corrected chi connectivity index (χ4v) is 3.88. The molecule has 25 heavy (non-hydrogen) atoms. The van der Waals surface area contributed by atoms with Gasteiger partial charge in [0.2, 0.25) is 16.9 Å². The molecule has 0 amide bonds. The third-order valence-corrected chi connectivity index (χ3v) is 5.42. The molecule has 0 radical (unpaired) electrons. The molecule has 1 aliphatic carbocycles. The standard InChI is InChI=1S/C18H21N5OS/c1-2-8-14(9-3-1)17-22-21-16(24-17)12-25-18-19-15(20-23-18)11-10-13-6-4-5-7-13/h1-3,8-9,13H,4-7,10-12H2,(H,19,20,23). The molecule has 130 valence electrons. The molecule has 1 saturated carbocycles. The van der Waals surface area contributed by atoms with Crippen LogP contribution in [0.15, 0.2) is 39.9 Å². The minimum absolute atomic E-state index is 0.545. The van der Waals surface area contributed by atoms with Crippen LogP contribution in [-0.4, -0.2) is 25.4 Å². The van der Waals surface area contributed by atoms with Crippen molar-refractivity contribution in [2.75, 3.05) is 0 Å². The molecular formula is C18H21N5OS. The number of aryl methyl sites for hydroxylation is 1. The van der Waals surface area contributed by atoms with E-state index in [4.69, 9.17) is 4.42 Å². The van der Waals surface area contributed by atoms with Gasteiger partial charge in [0, 0.05) is 12.0 Å². The van der Waals surface area contributed by atoms with Gasteiger partial charge in [-0.1, -0.05) is 55.6 Å². The van der Waals surface area contributed by atoms with E-state index >= 15 is 0 Å². The average molecular weight is 355 g/mol. The summed E-state index contributed by atoms with van der Waals surface area (Å²) in [7, 11) is 0. The van der Waals surface area contributed by atoms with E-state index in [0.717, 1.165) is 28.9 Å². The van der Waals surface area contributed by atoms with Crippen molar-refractivity contribution in [3.63, 3.8) is 0 Å². The number of aromatic amines is 1. The molecule has 0 saturated heterocycles. The van der Waals surface area contributed by atoms with E-state index in [9.17, 15) is 0 Å². The second kappa shape index (κ2) is 7.82. The Balaban J connectivity index is 1.29. The number of hydrogen-bond donors (Lipinski definition) is 1. The lowest BCUT2D eigenvalue weighted by Crippen LogP contribution is -1.97. The lowest BCUT2D eigenvalue weighted by atomic mass is 10.0. The Hall–Kier alpha value is -2.15. The van der Waals surface area contributed by atoms with Crippen LogP contribution in [0.5, 0.6) is 0 Å². The summed E-state index contributed by atoms with van der Waals surface area (Å²) in [6.45, 7) is 0. The summed E-state index contributed by atoms with van der Waals surface area (Å²) in [6, 6.07) is 9.78. The SMILES string of the molecule is c1ccc(-c2nnc(CSc3n[nH]c(CCC4CCCC4)n3)o2)cc1. The summed E-state index contributed by atoms with van der Waals surface area (Å²) in [4.78, 5) is 4.56. The first-order valence-electron chi connectivity index (χ1n) is 8.79. The number of H-pyrrole nitrogens is 1. The van der Waals surface area contributed by atoms with Crippen molar-refractivity contribution in [2.45, 2.75) is 49.4 Å². The Morgan fingerprint density at radius 1 is 1.12 bits per heavy atom. The minimum Gasteiger partial charge on any atom is -0.420 e. The zero-order valence-corrected chi connectivity index (χ0v) is 14.8. The quantitative estimate of drug-likeness (QED) is 0.638. The van der Waals surface area contributed by atoms with Crippen LogP contribution in [0.1, 0.15) is 43.8 Å². The van der Waals surface area contributed by atoms with E-state index in [0.29, 0.717) is 17.5 Å². The number of benzene rings is 1. The highest BCUT2D eigenvalue weighted by atomic mass is 32.2. The molecule has 0 atom stereocenters. The van der Waals surface area contributed by atoms with E-state index in [-0.39, 0.29) is 0 Å². The van der Waals surface area contributed by atoms with E-state index in [1.807, 2.05) is 30.3 Å². The summed E-state index contributed by atoms with van der Waals surface area (Å²) in [5, 5.41) is 16.3. The average Bonchev–Trinajstić information content (AvgIpc) is 3.40. The molecule has 4 rings (SSSR count). The molecule has 1 aliphatic rings. The lowest BCUT2D eigenvalue weighted by Gasteiger charge is -2.05. The number of nitrogens with zero attached hydrogens (tertiary/aromatic N) is 4. The predicted octanol–water partition coefficient (Wildman–Crippen LogP) is 4.27. The van der Waals surface area contributed by atoms with E-state index in [1.165, 1.54) is 43.9 Å². The van der Waals surface area contributed by atoms with Crippen molar-refractivity contribution in [1.29, 1.82) is 0 Å². The zero-order valence-electron chi connectivity index (χ0n) is 14.0. The van der Waals surface area contributed by atoms with E-state index in [2.05, 4.69) is 25.4 Å². The fraction of sp³-hybridized carbons (Fsp3) is 0.444. The highest BCUT2D eigenvalue weighted by molar-refractivity contribution is 7.98. The molecule has 1 fully saturated rings. The van der Waals surface area contributed by atoms with Crippen molar-refractivity contribution < 1.29 is 4.42 Å². The molecule has 2 heterocycles. The smallest absolute Gasteiger partial charge is 0.247 e. The van der Waals surface area contributed by atoms with Crippen LogP contribution in [-0.2, 0) is 12.2 Å². The van der Waals surface area contributed by atoms with Crippen LogP contribution < -0.4 is 0 Å². The molecular weight excluding hydrogens is 334 g/mol. The van der Waals surface area contributed by atoms with Crippen LogP contribution in [0.4, 0.5) is 0 Å². The van der Waals surface area contributed by atoms with Gasteiger partial charge in [0.25, 0.3) is 0 Å². The number of nitrogens with one attached hydrogen (secondary N) is 1. The minimum atomic E-state index is 0.545. The second-order valence-corrected chi connectivity index (χ2v) is 7.35. The molecule has 0 bridgehead atoms. The van der Waals surface area contributed by atoms with Gasteiger partial charge >= 0.3 is 0 Å². The van der Waals surface area contributed by atoms with E-state index in [1.54, 1.807) is 0 Å². The first-order chi connectivity index (χ1) is 12.4. The van der Waals surface area contributed by atoms with Crippen LogP contribution >= 0.6 is 11.8 Å². The maximum Gasteiger partial charge on any atom is 0.247 e. The van der Waals surface area contributed by atoms with Gasteiger partial charge < -0.3 is 4.42 Å². The first-order valence-corrected chi connectivity index (χ1v) is 9.77. The maximum atomic E-state index is 5.70. The summed E-state index contributed by atoms with van der Waals surface area (Å²) < 4.78 is 5.70. The van der Waals surface area contributed by atoms with Gasteiger partial charge in [-0.25, -0.2) is 4.98 Å². The van der Waals surface area contributed by atoms with Crippen molar-refractivity contribution >= 4 is 11.8 Å². The lowest BCUT2D eigenvalue weighted by molar-refractivity contribution is 0.497. The summed E-state index contributed by atoms with van der Waals surface area (Å²) in [5.74, 6) is 3.55. The van der Waals surface area contributed by atoms with Crippen molar-refractivity contribution in [2.24, 2.45) is 5.92 Å². The number of aromatic nitrogens is 5. The largest absolute Gasteiger partial charge is 0.420 e. The van der Waals surface area contributed by atoms with Crippen LogP contribution in [0.25, 0.3) is 11.5 Å². The number of hydrogen-bond acceptors (Lipinski definition) is 6. The van der Waals surface area contributed by atoms with Crippen molar-refractivity contribution in [3.8, 4) is 11.5 Å². The Bertz CT molecular complexity index is 795. The molecule has 7 heteroatoms. The maximum absolute atomic E-state index is 5.70. The predicted molar refractivity (Wildman–Crippen MR) is 96.0 cm³/mol. The third kappa shape index (κ3) is 4.28. The topological polar surface area (TPSA) is 80.5 Å². The van der Waals surface area contributed by atoms with Crippen molar-refractivity contribution in [1.82, 2.24) is 25.4 Å². The Kier molecular flexibility index (Phi) is 5.11. The highest BCUT2D eigenvalue weighted by Gasteiger charge is 2.16. The Morgan fingerprint density at radius 3 is 2.80 bits per heavy atom. The van der Waals surface area contributed by atoms with Gasteiger partial charge in [0.1, 0.15) is 5.82 Å². The number of thioether (sulfide) groups is 1. The molecule has 3 aromatic rings. The second-order valence-electron chi connectivity index (χ2n) is 6.41. The third-order valence-electron chi connectivity index (χ3n) is 4.59. The molecule has 6 nitrogen and oxygen atoms in total. The number of rotatable bonds is 7. The Labute approximate surface area is 150 Å². The normalized spacial score (nSPS) is 15.0. The van der Waals surface area contributed by atoms with Gasteiger partial charge in [0.05, 0.1) is 5.75 Å². The van der Waals surface area contributed by atoms with Gasteiger partial charge in [-0.15, -0.1) is 15.3 Å². The van der Waals surface area contributed by atoms with Crippen LogP contribution in [0, 0.1) is 5.92 Å². The molecule has 0 aliphatic heterocycles. The van der Waals surface area contributed by atoms with Crippen LogP contribution in [0.3, 0.4) is 0 Å². The summed E-state index contributed by atoms with van der Waals surface area (Å²) in [6.07, 6.45) is 7.71. The summed E-state index contributed by atoms with van der Waals surface area (Å²) in [5.41, 5.74) is 0.929. The molecule has 2 aromatic heterocycles. The molecule has 1 aromatic carbocycles. The molecule has 1 N–H and O–H groups in total. The fourth-order valence-electron chi connectivity index (χ4n) is 3.23.